The van der Waals surface area contributed by atoms with Crippen molar-refractivity contribution in [1.29, 1.82) is 0 Å². The van der Waals surface area contributed by atoms with Gasteiger partial charge in [-0.15, -0.1) is 0 Å². The average Bonchev–Trinajstić information content (AvgIpc) is 2.11. The molecule has 0 fully saturated rings. The second-order valence-corrected chi connectivity index (χ2v) is 4.66. The molecule has 0 amide bonds. The Kier molecular flexibility index (Phi) is 4.38. The van der Waals surface area contributed by atoms with Crippen molar-refractivity contribution in [1.82, 2.24) is 0 Å². The molecule has 13 heavy (non-hydrogen) atoms. The van der Waals surface area contributed by atoms with Crippen LogP contribution in [-0.4, -0.2) is 11.1 Å². The lowest BCUT2D eigenvalue weighted by Gasteiger charge is -2.02. The first-order valence-electron chi connectivity index (χ1n) is 3.96. The van der Waals surface area contributed by atoms with Crippen molar-refractivity contribution in [2.75, 3.05) is 5.33 Å². The molecule has 0 bridgehead atoms. The maximum absolute atomic E-state index is 11.1. The molecule has 0 spiro atoms. The van der Waals surface area contributed by atoms with Crippen LogP contribution in [0.25, 0.3) is 0 Å². The summed E-state index contributed by atoms with van der Waals surface area (Å²) in [6.45, 7) is 2.07. The van der Waals surface area contributed by atoms with Gasteiger partial charge in [-0.25, -0.2) is 0 Å². The number of benzene rings is 1. The SMILES string of the molecule is Cc1ccc(CC(=O)CBr)cc1I. The predicted molar refractivity (Wildman–Crippen MR) is 66.4 cm³/mol. The van der Waals surface area contributed by atoms with Gasteiger partial charge in [0, 0.05) is 9.99 Å². The third kappa shape index (κ3) is 3.38. The molecule has 3 heteroatoms. The fourth-order valence-corrected chi connectivity index (χ4v) is 1.80. The van der Waals surface area contributed by atoms with Gasteiger partial charge in [0.2, 0.25) is 0 Å². The molecule has 1 aromatic rings. The third-order valence-corrected chi connectivity index (χ3v) is 3.57. The van der Waals surface area contributed by atoms with E-state index in [2.05, 4.69) is 57.6 Å². The van der Waals surface area contributed by atoms with E-state index in [9.17, 15) is 4.79 Å². The standard InChI is InChI=1S/C10H10BrIO/c1-7-2-3-8(5-10(7)12)4-9(13)6-11/h2-3,5H,4,6H2,1H3. The van der Waals surface area contributed by atoms with E-state index in [0.29, 0.717) is 11.8 Å². The molecule has 0 saturated heterocycles. The Morgan fingerprint density at radius 2 is 2.23 bits per heavy atom. The number of ketones is 1. The molecule has 0 unspecified atom stereocenters. The number of halogens is 2. The number of hydrogen-bond acceptors (Lipinski definition) is 1. The van der Waals surface area contributed by atoms with E-state index in [0.717, 1.165) is 5.56 Å². The van der Waals surface area contributed by atoms with E-state index < -0.39 is 0 Å². The number of alkyl halides is 1. The van der Waals surface area contributed by atoms with Gasteiger partial charge in [-0.2, -0.15) is 0 Å². The topological polar surface area (TPSA) is 17.1 Å². The van der Waals surface area contributed by atoms with Gasteiger partial charge < -0.3 is 0 Å². The molecule has 0 aliphatic rings. The number of Topliss-reactive ketones (excluding diaryl/α,β-unsaturated/α-hetero) is 1. The Hall–Kier alpha value is 0.1000. The van der Waals surface area contributed by atoms with Gasteiger partial charge in [0.25, 0.3) is 0 Å². The minimum absolute atomic E-state index is 0.222. The van der Waals surface area contributed by atoms with Gasteiger partial charge in [0.05, 0.1) is 5.33 Å². The smallest absolute Gasteiger partial charge is 0.147 e. The van der Waals surface area contributed by atoms with Crippen LogP contribution in [-0.2, 0) is 11.2 Å². The van der Waals surface area contributed by atoms with Crippen LogP contribution < -0.4 is 0 Å². The lowest BCUT2D eigenvalue weighted by molar-refractivity contribution is -0.115. The molecule has 1 aromatic carbocycles. The van der Waals surface area contributed by atoms with E-state index in [1.54, 1.807) is 0 Å². The van der Waals surface area contributed by atoms with Gasteiger partial charge in [-0.05, 0) is 46.7 Å². The number of aryl methyl sites for hydroxylation is 1. The fourth-order valence-electron chi connectivity index (χ4n) is 1.02. The zero-order valence-electron chi connectivity index (χ0n) is 7.31. The highest BCUT2D eigenvalue weighted by Gasteiger charge is 2.02. The fraction of sp³-hybridized carbons (Fsp3) is 0.300. The van der Waals surface area contributed by atoms with Gasteiger partial charge in [-0.1, -0.05) is 28.1 Å². The Morgan fingerprint density at radius 1 is 1.54 bits per heavy atom. The molecule has 70 valence electrons. The normalized spacial score (nSPS) is 10.1. The van der Waals surface area contributed by atoms with Gasteiger partial charge in [0.1, 0.15) is 5.78 Å². The number of carbonyl (C=O) groups excluding carboxylic acids is 1. The van der Waals surface area contributed by atoms with Gasteiger partial charge in [-0.3, -0.25) is 4.79 Å². The van der Waals surface area contributed by atoms with Crippen molar-refractivity contribution in [3.63, 3.8) is 0 Å². The summed E-state index contributed by atoms with van der Waals surface area (Å²) in [5.41, 5.74) is 2.36. The molecule has 0 N–H and O–H groups in total. The van der Waals surface area contributed by atoms with Crippen molar-refractivity contribution < 1.29 is 4.79 Å². The van der Waals surface area contributed by atoms with Gasteiger partial charge >= 0.3 is 0 Å². The van der Waals surface area contributed by atoms with E-state index in [-0.39, 0.29) is 5.78 Å². The minimum atomic E-state index is 0.222. The lowest BCUT2D eigenvalue weighted by atomic mass is 10.1. The molecule has 0 aromatic heterocycles. The molecule has 0 heterocycles. The summed E-state index contributed by atoms with van der Waals surface area (Å²) < 4.78 is 1.22. The summed E-state index contributed by atoms with van der Waals surface area (Å²) in [7, 11) is 0. The van der Waals surface area contributed by atoms with Crippen LogP contribution in [0.1, 0.15) is 11.1 Å². The van der Waals surface area contributed by atoms with E-state index in [1.165, 1.54) is 9.13 Å². The van der Waals surface area contributed by atoms with Crippen LogP contribution in [0.5, 0.6) is 0 Å². The zero-order valence-corrected chi connectivity index (χ0v) is 11.1. The number of hydrogen-bond donors (Lipinski definition) is 0. The van der Waals surface area contributed by atoms with E-state index >= 15 is 0 Å². The zero-order chi connectivity index (χ0) is 9.84. The van der Waals surface area contributed by atoms with Crippen LogP contribution in [0.4, 0.5) is 0 Å². The Labute approximate surface area is 100 Å². The summed E-state index contributed by atoms with van der Waals surface area (Å²) in [5, 5.41) is 0.442. The molecular weight excluding hydrogens is 343 g/mol. The van der Waals surface area contributed by atoms with Crippen molar-refractivity contribution in [2.45, 2.75) is 13.3 Å². The molecule has 0 saturated carbocycles. The first kappa shape index (κ1) is 11.2. The molecule has 0 aliphatic carbocycles. The molecule has 0 aliphatic heterocycles. The predicted octanol–water partition coefficient (Wildman–Crippen LogP) is 3.11. The largest absolute Gasteiger partial charge is 0.298 e. The second kappa shape index (κ2) is 5.10. The number of carbonyl (C=O) groups is 1. The average molecular weight is 353 g/mol. The number of rotatable bonds is 3. The maximum atomic E-state index is 11.1. The van der Waals surface area contributed by atoms with Crippen LogP contribution in [0.15, 0.2) is 18.2 Å². The van der Waals surface area contributed by atoms with E-state index in [1.807, 2.05) is 6.07 Å². The summed E-state index contributed by atoms with van der Waals surface area (Å²) in [5.74, 6) is 0.222. The van der Waals surface area contributed by atoms with Crippen molar-refractivity contribution in [3.05, 3.63) is 32.9 Å². The van der Waals surface area contributed by atoms with Crippen LogP contribution in [0.3, 0.4) is 0 Å². The highest BCUT2D eigenvalue weighted by atomic mass is 127. The summed E-state index contributed by atoms with van der Waals surface area (Å²) in [6.07, 6.45) is 0.529. The van der Waals surface area contributed by atoms with Crippen LogP contribution in [0.2, 0.25) is 0 Å². The minimum Gasteiger partial charge on any atom is -0.298 e. The Morgan fingerprint density at radius 3 is 2.77 bits per heavy atom. The Bertz CT molecular complexity index is 323. The Balaban J connectivity index is 2.79. The van der Waals surface area contributed by atoms with E-state index in [4.69, 9.17) is 0 Å². The van der Waals surface area contributed by atoms with Crippen LogP contribution >= 0.6 is 38.5 Å². The molecule has 0 radical (unpaired) electrons. The maximum Gasteiger partial charge on any atom is 0.147 e. The second-order valence-electron chi connectivity index (χ2n) is 2.93. The lowest BCUT2D eigenvalue weighted by Crippen LogP contribution is -2.03. The van der Waals surface area contributed by atoms with Crippen molar-refractivity contribution >= 4 is 44.3 Å². The highest BCUT2D eigenvalue weighted by Crippen LogP contribution is 2.14. The molecular formula is C10H10BrIO. The highest BCUT2D eigenvalue weighted by molar-refractivity contribution is 14.1. The van der Waals surface area contributed by atoms with Gasteiger partial charge in [0.15, 0.2) is 0 Å². The van der Waals surface area contributed by atoms with Crippen LogP contribution in [0, 0.1) is 10.5 Å². The molecule has 0 atom stereocenters. The summed E-state index contributed by atoms with van der Waals surface area (Å²) >= 11 is 5.44. The summed E-state index contributed by atoms with van der Waals surface area (Å²) in [6, 6.07) is 6.13. The first-order valence-corrected chi connectivity index (χ1v) is 6.16. The first-order chi connectivity index (χ1) is 6.13. The third-order valence-electron chi connectivity index (χ3n) is 1.79. The molecule has 1 nitrogen and oxygen atoms in total. The summed E-state index contributed by atoms with van der Waals surface area (Å²) in [4.78, 5) is 11.1. The molecule has 1 rings (SSSR count). The van der Waals surface area contributed by atoms with Crippen molar-refractivity contribution in [2.24, 2.45) is 0 Å². The quantitative estimate of drug-likeness (QED) is 0.603. The monoisotopic (exact) mass is 352 g/mol. The van der Waals surface area contributed by atoms with Crippen molar-refractivity contribution in [3.8, 4) is 0 Å².